The molecule has 0 amide bonds. The van der Waals surface area contributed by atoms with Crippen LogP contribution in [0.15, 0.2) is 0 Å². The number of ether oxygens (including phenoxy) is 2. The highest BCUT2D eigenvalue weighted by Crippen LogP contribution is 2.62. The van der Waals surface area contributed by atoms with Gasteiger partial charge in [0.05, 0.1) is 39.6 Å². The van der Waals surface area contributed by atoms with E-state index < -0.39 is 72.8 Å². The Hall–Kier alpha value is -0.920. The molecule has 0 bridgehead atoms. The van der Waals surface area contributed by atoms with E-state index in [-0.39, 0.29) is 47.1 Å². The summed E-state index contributed by atoms with van der Waals surface area (Å²) in [5.41, 5.74) is -2.53. The summed E-state index contributed by atoms with van der Waals surface area (Å²) in [4.78, 5) is 38.4. The van der Waals surface area contributed by atoms with Crippen molar-refractivity contribution in [2.75, 3.05) is 39.6 Å². The van der Waals surface area contributed by atoms with Crippen LogP contribution in [0.25, 0.3) is 0 Å². The molecule has 0 N–H and O–H groups in total. The van der Waals surface area contributed by atoms with E-state index in [0.29, 0.717) is 12.8 Å². The third-order valence-corrected chi connectivity index (χ3v) is 13.5. The molecule has 0 aromatic carbocycles. The lowest BCUT2D eigenvalue weighted by Gasteiger charge is -2.47. The van der Waals surface area contributed by atoms with Crippen LogP contribution >= 0.6 is 15.2 Å². The average molecular weight is 833 g/mol. The Morgan fingerprint density at radius 3 is 0.964 bits per heavy atom. The highest BCUT2D eigenvalue weighted by molar-refractivity contribution is 7.55. The maximum absolute atomic E-state index is 14.1. The van der Waals surface area contributed by atoms with Crippen molar-refractivity contribution in [3.63, 3.8) is 0 Å². The zero-order valence-corrected chi connectivity index (χ0v) is 38.9. The van der Waals surface area contributed by atoms with Crippen LogP contribution in [0.5, 0.6) is 0 Å². The Bertz CT molecular complexity index is 1100. The quantitative estimate of drug-likeness (QED) is 0.0372. The molecule has 0 fully saturated rings. The maximum Gasteiger partial charge on any atom is 0.350 e. The Labute approximate surface area is 335 Å². The van der Waals surface area contributed by atoms with E-state index >= 15 is 0 Å². The molecule has 0 rings (SSSR count). The van der Waals surface area contributed by atoms with Gasteiger partial charge in [0, 0.05) is 11.1 Å². The first-order valence-corrected chi connectivity index (χ1v) is 22.8. The molecule has 14 nitrogen and oxygen atoms in total. The first kappa shape index (κ1) is 56.2. The molecule has 0 aliphatic carbocycles. The summed E-state index contributed by atoms with van der Waals surface area (Å²) in [5, 5.41) is 3.14. The molecule has 0 saturated heterocycles. The van der Waals surface area contributed by atoms with Crippen LogP contribution in [0.2, 0.25) is 0 Å². The molecular formula is C39H82N2O12P2. The number of esters is 2. The van der Waals surface area contributed by atoms with Crippen molar-refractivity contribution in [3.8, 4) is 0 Å². The number of hydroxylamine groups is 4. The van der Waals surface area contributed by atoms with E-state index in [0.717, 1.165) is 12.8 Å². The third kappa shape index (κ3) is 18.7. The molecule has 0 aliphatic rings. The van der Waals surface area contributed by atoms with Gasteiger partial charge in [0.15, 0.2) is 12.2 Å². The van der Waals surface area contributed by atoms with Gasteiger partial charge in [-0.2, -0.15) is 10.1 Å². The number of carbonyl (C=O) groups excluding carboxylic acids is 2. The Kier molecular flexibility index (Phi) is 24.8. The first-order valence-electron chi connectivity index (χ1n) is 19.6. The summed E-state index contributed by atoms with van der Waals surface area (Å²) >= 11 is 0. The first-order chi connectivity index (χ1) is 24.6. The summed E-state index contributed by atoms with van der Waals surface area (Å²) in [6, 6.07) is 0. The van der Waals surface area contributed by atoms with Gasteiger partial charge in [-0.3, -0.25) is 18.8 Å². The van der Waals surface area contributed by atoms with Gasteiger partial charge >= 0.3 is 27.1 Å². The van der Waals surface area contributed by atoms with Crippen molar-refractivity contribution in [2.45, 2.75) is 193 Å². The average Bonchev–Trinajstić information content (AvgIpc) is 2.99. The topological polar surface area (TPSA) is 149 Å². The molecule has 0 aliphatic heterocycles. The van der Waals surface area contributed by atoms with E-state index in [4.69, 9.17) is 37.2 Å². The van der Waals surface area contributed by atoms with Crippen LogP contribution in [-0.4, -0.2) is 96.6 Å². The Morgan fingerprint density at radius 1 is 0.509 bits per heavy atom. The van der Waals surface area contributed by atoms with Crippen LogP contribution in [0.4, 0.5) is 0 Å². The highest BCUT2D eigenvalue weighted by atomic mass is 31.2. The number of rotatable bonds is 25. The minimum atomic E-state index is -3.69. The van der Waals surface area contributed by atoms with Crippen molar-refractivity contribution >= 4 is 27.1 Å². The summed E-state index contributed by atoms with van der Waals surface area (Å²) in [5.74, 6) is -2.69. The lowest BCUT2D eigenvalue weighted by molar-refractivity contribution is -0.263. The van der Waals surface area contributed by atoms with E-state index in [1.54, 1.807) is 51.7 Å². The van der Waals surface area contributed by atoms with Crippen molar-refractivity contribution in [2.24, 2.45) is 10.8 Å². The van der Waals surface area contributed by atoms with Crippen LogP contribution in [-0.2, 0) is 56.0 Å². The van der Waals surface area contributed by atoms with E-state index in [2.05, 4.69) is 0 Å². The second kappa shape index (κ2) is 24.2. The molecule has 4 unspecified atom stereocenters. The standard InChI is InChI=1S/C38H78N2O12P2.CH4/c1-19-47-53(43,48-20-2)33(35(7,8)9)39(37(13,14)15)51-29(5)31(41)45-27-25-23-24-26-28-46-32(42)30(6)52-40(38(16,17)18)34(36(10,11)12)54(44,49-21-3)50-22-4;/h29-30,33-34H,19-28H2,1-18H3;1H4. The molecule has 0 radical (unpaired) electrons. The summed E-state index contributed by atoms with van der Waals surface area (Å²) < 4.78 is 62.1. The predicted molar refractivity (Wildman–Crippen MR) is 220 cm³/mol. The van der Waals surface area contributed by atoms with Crippen molar-refractivity contribution in [3.05, 3.63) is 0 Å². The number of nitrogens with zero attached hydrogens (tertiary/aromatic N) is 2. The number of unbranched alkanes of at least 4 members (excludes halogenated alkanes) is 3. The molecule has 330 valence electrons. The zero-order valence-electron chi connectivity index (χ0n) is 37.1. The maximum atomic E-state index is 14.1. The van der Waals surface area contributed by atoms with Gasteiger partial charge in [0.25, 0.3) is 0 Å². The van der Waals surface area contributed by atoms with Crippen LogP contribution in [0.1, 0.15) is 158 Å². The van der Waals surface area contributed by atoms with Crippen molar-refractivity contribution in [1.82, 2.24) is 10.1 Å². The Morgan fingerprint density at radius 2 is 0.764 bits per heavy atom. The minimum absolute atomic E-state index is 0. The fourth-order valence-corrected chi connectivity index (χ4v) is 11.1. The fraction of sp³-hybridized carbons (Fsp3) is 0.949. The Balaban J connectivity index is 0. The number of hydrogen-bond acceptors (Lipinski definition) is 14. The van der Waals surface area contributed by atoms with Gasteiger partial charge in [0.1, 0.15) is 11.6 Å². The molecule has 0 aromatic heterocycles. The summed E-state index contributed by atoms with van der Waals surface area (Å²) in [7, 11) is -7.38. The second-order valence-electron chi connectivity index (χ2n) is 17.5. The van der Waals surface area contributed by atoms with Gasteiger partial charge in [-0.05, 0) is 120 Å². The lowest BCUT2D eigenvalue weighted by Crippen LogP contribution is -2.55. The molecule has 0 heterocycles. The van der Waals surface area contributed by atoms with Crippen molar-refractivity contribution in [1.29, 1.82) is 0 Å². The van der Waals surface area contributed by atoms with E-state index in [1.165, 1.54) is 0 Å². The molecule has 16 heteroatoms. The largest absolute Gasteiger partial charge is 0.464 e. The van der Waals surface area contributed by atoms with Crippen LogP contribution in [0, 0.1) is 10.8 Å². The third-order valence-electron chi connectivity index (χ3n) is 7.89. The van der Waals surface area contributed by atoms with Crippen LogP contribution < -0.4 is 0 Å². The monoisotopic (exact) mass is 833 g/mol. The zero-order chi connectivity index (χ0) is 42.3. The fourth-order valence-electron chi connectivity index (χ4n) is 5.72. The predicted octanol–water partition coefficient (Wildman–Crippen LogP) is 10.4. The molecule has 0 aromatic rings. The molecule has 0 spiro atoms. The summed E-state index contributed by atoms with van der Waals surface area (Å²) in [6.45, 7) is 34.4. The van der Waals surface area contributed by atoms with Crippen LogP contribution in [0.3, 0.4) is 0 Å². The van der Waals surface area contributed by atoms with Gasteiger partial charge in [-0.15, -0.1) is 0 Å². The number of carbonyl (C=O) groups is 2. The number of hydrogen-bond donors (Lipinski definition) is 0. The van der Waals surface area contributed by atoms with Gasteiger partial charge < -0.3 is 27.6 Å². The molecular weight excluding hydrogens is 750 g/mol. The summed E-state index contributed by atoms with van der Waals surface area (Å²) in [6.07, 6.45) is 0.747. The van der Waals surface area contributed by atoms with Gasteiger partial charge in [0.2, 0.25) is 0 Å². The molecule has 55 heavy (non-hydrogen) atoms. The second-order valence-corrected chi connectivity index (χ2v) is 21.6. The van der Waals surface area contributed by atoms with E-state index in [1.807, 2.05) is 83.1 Å². The smallest absolute Gasteiger partial charge is 0.350 e. The van der Waals surface area contributed by atoms with E-state index in [9.17, 15) is 18.7 Å². The van der Waals surface area contributed by atoms with Gasteiger partial charge in [-0.1, -0.05) is 49.0 Å². The van der Waals surface area contributed by atoms with Gasteiger partial charge in [-0.25, -0.2) is 9.59 Å². The minimum Gasteiger partial charge on any atom is -0.464 e. The lowest BCUT2D eigenvalue weighted by atomic mass is 9.94. The highest BCUT2D eigenvalue weighted by Gasteiger charge is 2.53. The SMILES string of the molecule is C.CCOP(=O)(OCC)C(N(OC(C)C(=O)OCCCCCCOC(=O)C(C)ON(C(C(C)(C)C)P(=O)(OCC)OCC)C(C)(C)C)C(C)(C)C)C(C)(C)C. The molecule has 0 saturated carbocycles. The normalized spacial score (nSPS) is 15.7. The molecule has 4 atom stereocenters. The van der Waals surface area contributed by atoms with Crippen molar-refractivity contribution < 1.29 is 56.0 Å².